The molecule has 0 spiro atoms. The molecule has 0 saturated heterocycles. The summed E-state index contributed by atoms with van der Waals surface area (Å²) in [6.07, 6.45) is 0. The minimum absolute atomic E-state index is 0.105. The number of carbonyl (C=O) groups is 2. The van der Waals surface area contributed by atoms with Gasteiger partial charge in [-0.3, -0.25) is 4.79 Å². The summed E-state index contributed by atoms with van der Waals surface area (Å²) in [5.74, 6) is -1.84. The number of hydrogen-bond acceptors (Lipinski definition) is 5. The highest BCUT2D eigenvalue weighted by Gasteiger charge is 2.27. The highest BCUT2D eigenvalue weighted by molar-refractivity contribution is 5.98. The lowest BCUT2D eigenvalue weighted by Crippen LogP contribution is -2.34. The number of nitrogens with one attached hydrogen (secondary N) is 1. The van der Waals surface area contributed by atoms with E-state index in [0.717, 1.165) is 6.07 Å². The van der Waals surface area contributed by atoms with E-state index in [0.29, 0.717) is 24.7 Å². The van der Waals surface area contributed by atoms with Crippen molar-refractivity contribution >= 4 is 11.9 Å². The van der Waals surface area contributed by atoms with E-state index in [1.165, 1.54) is 37.4 Å². The summed E-state index contributed by atoms with van der Waals surface area (Å²) >= 11 is 0. The molecule has 0 radical (unpaired) electrons. The molecule has 1 aliphatic rings. The Morgan fingerprint density at radius 1 is 1.23 bits per heavy atom. The van der Waals surface area contributed by atoms with E-state index in [2.05, 4.69) is 5.32 Å². The first-order chi connectivity index (χ1) is 12.5. The Bertz CT molecular complexity index is 836. The fourth-order valence-corrected chi connectivity index (χ4v) is 2.60. The van der Waals surface area contributed by atoms with Gasteiger partial charge >= 0.3 is 5.97 Å². The van der Waals surface area contributed by atoms with Crippen LogP contribution in [0.4, 0.5) is 4.39 Å². The molecular weight excluding hydrogens is 345 g/mol. The van der Waals surface area contributed by atoms with Crippen LogP contribution in [0.2, 0.25) is 0 Å². The van der Waals surface area contributed by atoms with E-state index in [9.17, 15) is 19.1 Å². The minimum Gasteiger partial charge on any atom is -0.493 e. The fourth-order valence-electron chi connectivity index (χ4n) is 2.60. The Labute approximate surface area is 148 Å². The van der Waals surface area contributed by atoms with Gasteiger partial charge in [0.1, 0.15) is 19.0 Å². The van der Waals surface area contributed by atoms with Gasteiger partial charge in [0.2, 0.25) is 5.75 Å². The molecule has 1 heterocycles. The minimum atomic E-state index is -1.54. The van der Waals surface area contributed by atoms with Crippen LogP contribution in [0.5, 0.6) is 17.2 Å². The third kappa shape index (κ3) is 3.39. The Balaban J connectivity index is 1.91. The summed E-state index contributed by atoms with van der Waals surface area (Å²) in [5, 5.41) is 11.7. The molecule has 26 heavy (non-hydrogen) atoms. The first-order valence-electron chi connectivity index (χ1n) is 7.77. The number of carbonyl (C=O) groups excluding carboxylic acids is 1. The molecule has 0 unspecified atom stereocenters. The predicted octanol–water partition coefficient (Wildman–Crippen LogP) is 2.16. The number of rotatable bonds is 5. The van der Waals surface area contributed by atoms with Crippen molar-refractivity contribution in [1.29, 1.82) is 0 Å². The first-order valence-corrected chi connectivity index (χ1v) is 7.77. The summed E-state index contributed by atoms with van der Waals surface area (Å²) < 4.78 is 30.0. The number of fused-ring (bicyclic) bond motifs is 1. The van der Waals surface area contributed by atoms with Gasteiger partial charge in [0.25, 0.3) is 5.91 Å². The van der Waals surface area contributed by atoms with Crippen molar-refractivity contribution in [3.05, 3.63) is 53.3 Å². The molecule has 2 aromatic carbocycles. The maximum absolute atomic E-state index is 13.9. The van der Waals surface area contributed by atoms with Crippen LogP contribution in [-0.2, 0) is 4.79 Å². The van der Waals surface area contributed by atoms with E-state index in [1.807, 2.05) is 0 Å². The Kier molecular flexibility index (Phi) is 4.92. The lowest BCUT2D eigenvalue weighted by molar-refractivity contribution is -0.139. The summed E-state index contributed by atoms with van der Waals surface area (Å²) in [4.78, 5) is 24.1. The molecular formula is C18H16FNO6. The van der Waals surface area contributed by atoms with Gasteiger partial charge in [-0.15, -0.1) is 0 Å². The van der Waals surface area contributed by atoms with Gasteiger partial charge in [-0.25, -0.2) is 9.18 Å². The second-order valence-electron chi connectivity index (χ2n) is 5.47. The maximum Gasteiger partial charge on any atom is 0.331 e. The van der Waals surface area contributed by atoms with E-state index in [4.69, 9.17) is 14.2 Å². The zero-order valence-corrected chi connectivity index (χ0v) is 13.8. The van der Waals surface area contributed by atoms with Crippen molar-refractivity contribution in [2.24, 2.45) is 0 Å². The Hall–Kier alpha value is -3.29. The van der Waals surface area contributed by atoms with Gasteiger partial charge < -0.3 is 24.6 Å². The van der Waals surface area contributed by atoms with Crippen LogP contribution in [0.25, 0.3) is 0 Å². The van der Waals surface area contributed by atoms with E-state index in [-0.39, 0.29) is 16.9 Å². The third-order valence-corrected chi connectivity index (χ3v) is 3.83. The van der Waals surface area contributed by atoms with Crippen molar-refractivity contribution < 1.29 is 33.3 Å². The zero-order chi connectivity index (χ0) is 18.7. The summed E-state index contributed by atoms with van der Waals surface area (Å²) in [7, 11) is 1.41. The van der Waals surface area contributed by atoms with E-state index < -0.39 is 23.7 Å². The summed E-state index contributed by atoms with van der Waals surface area (Å²) in [6.45, 7) is 0.664. The number of carboxylic acids is 1. The van der Waals surface area contributed by atoms with E-state index >= 15 is 0 Å². The van der Waals surface area contributed by atoms with Crippen molar-refractivity contribution in [3.63, 3.8) is 0 Å². The molecule has 2 aromatic rings. The normalized spacial score (nSPS) is 13.6. The maximum atomic E-state index is 13.9. The summed E-state index contributed by atoms with van der Waals surface area (Å²) in [6, 6.07) is 6.65. The number of benzene rings is 2. The monoisotopic (exact) mass is 361 g/mol. The molecule has 7 nitrogen and oxygen atoms in total. The smallest absolute Gasteiger partial charge is 0.331 e. The second-order valence-corrected chi connectivity index (χ2v) is 5.47. The molecule has 8 heteroatoms. The van der Waals surface area contributed by atoms with Crippen molar-refractivity contribution in [1.82, 2.24) is 5.32 Å². The van der Waals surface area contributed by atoms with Crippen molar-refractivity contribution in [3.8, 4) is 17.2 Å². The number of halogens is 1. The summed E-state index contributed by atoms with van der Waals surface area (Å²) in [5.41, 5.74) is -0.0356. The zero-order valence-electron chi connectivity index (χ0n) is 13.8. The number of ether oxygens (including phenoxy) is 3. The molecule has 136 valence electrons. The van der Waals surface area contributed by atoms with Crippen LogP contribution in [0.1, 0.15) is 22.0 Å². The van der Waals surface area contributed by atoms with Crippen molar-refractivity contribution in [2.45, 2.75) is 6.04 Å². The molecule has 1 atom stereocenters. The molecule has 0 aromatic heterocycles. The van der Waals surface area contributed by atoms with Gasteiger partial charge in [-0.1, -0.05) is 18.2 Å². The van der Waals surface area contributed by atoms with Crippen LogP contribution in [0, 0.1) is 5.82 Å². The van der Waals surface area contributed by atoms with Crippen LogP contribution < -0.4 is 19.5 Å². The van der Waals surface area contributed by atoms with Gasteiger partial charge in [0.15, 0.2) is 17.5 Å². The molecule has 3 rings (SSSR count). The standard InChI is InChI=1S/C18H16FNO6/c1-24-13-8-10(9-14-16(13)26-7-6-25-14)17(21)20-15(18(22)23)11-4-2-3-5-12(11)19/h2-5,8-9,15H,6-7H2,1H3,(H,20,21)(H,22,23)/t15-/m1/s1. The lowest BCUT2D eigenvalue weighted by atomic mass is 10.1. The number of aliphatic carboxylic acids is 1. The molecule has 1 amide bonds. The number of amides is 1. The molecule has 0 aliphatic carbocycles. The average molecular weight is 361 g/mol. The van der Waals surface area contributed by atoms with Gasteiger partial charge in [-0.2, -0.15) is 0 Å². The van der Waals surface area contributed by atoms with Gasteiger partial charge in [0, 0.05) is 11.1 Å². The molecule has 2 N–H and O–H groups in total. The molecule has 1 aliphatic heterocycles. The SMILES string of the molecule is COc1cc(C(=O)N[C@@H](C(=O)O)c2ccccc2F)cc2c1OCCO2. The predicted molar refractivity (Wildman–Crippen MR) is 88.2 cm³/mol. The van der Waals surface area contributed by atoms with Gasteiger partial charge in [0.05, 0.1) is 7.11 Å². The van der Waals surface area contributed by atoms with Crippen LogP contribution >= 0.6 is 0 Å². The number of carboxylic acid groups (broad SMARTS) is 1. The average Bonchev–Trinajstić information content (AvgIpc) is 2.65. The fraction of sp³-hybridized carbons (Fsp3) is 0.222. The lowest BCUT2D eigenvalue weighted by Gasteiger charge is -2.22. The topological polar surface area (TPSA) is 94.1 Å². The highest BCUT2D eigenvalue weighted by atomic mass is 19.1. The Morgan fingerprint density at radius 2 is 1.96 bits per heavy atom. The number of methoxy groups -OCH3 is 1. The third-order valence-electron chi connectivity index (χ3n) is 3.83. The quantitative estimate of drug-likeness (QED) is 0.848. The van der Waals surface area contributed by atoms with Gasteiger partial charge in [-0.05, 0) is 18.2 Å². The van der Waals surface area contributed by atoms with Crippen molar-refractivity contribution in [2.75, 3.05) is 20.3 Å². The largest absolute Gasteiger partial charge is 0.493 e. The molecule has 0 fully saturated rings. The van der Waals surface area contributed by atoms with Crippen LogP contribution in [0.3, 0.4) is 0 Å². The second kappa shape index (κ2) is 7.30. The first kappa shape index (κ1) is 17.5. The van der Waals surface area contributed by atoms with Crippen LogP contribution in [-0.4, -0.2) is 37.3 Å². The Morgan fingerprint density at radius 3 is 2.65 bits per heavy atom. The highest BCUT2D eigenvalue weighted by Crippen LogP contribution is 2.40. The molecule has 0 saturated carbocycles. The van der Waals surface area contributed by atoms with E-state index in [1.54, 1.807) is 0 Å². The number of hydrogen-bond donors (Lipinski definition) is 2. The van der Waals surface area contributed by atoms with Crippen LogP contribution in [0.15, 0.2) is 36.4 Å². The molecule has 0 bridgehead atoms.